The third-order valence-corrected chi connectivity index (χ3v) is 26.4. The summed E-state index contributed by atoms with van der Waals surface area (Å²) < 4.78 is 12.9. The van der Waals surface area contributed by atoms with Gasteiger partial charge in [0.05, 0.1) is 35.8 Å². The SMILES string of the molecule is CCCCCCCCCCCCc1ccc(-c2ccc(-c3ccc(C4=C5C(=C(c6ccc(-c7ccc(-c8ccc(CCCCCCCCCCCC)s8)s7)s6)C(=O)N5c5ccc(OCC(CC)CCCC)cc5)N(c5ccc(OCC(CC)CCCC)cc5)C4=O)s3)s2)s1. The van der Waals surface area contributed by atoms with Crippen molar-refractivity contribution in [2.75, 3.05) is 23.0 Å². The van der Waals surface area contributed by atoms with E-state index in [9.17, 15) is 0 Å². The first-order valence-electron chi connectivity index (χ1n) is 36.4. The van der Waals surface area contributed by atoms with Crippen molar-refractivity contribution >= 4 is 102 Å². The lowest BCUT2D eigenvalue weighted by molar-refractivity contribution is -0.112. The molecule has 0 saturated carbocycles. The van der Waals surface area contributed by atoms with Gasteiger partial charge in [-0.3, -0.25) is 19.4 Å². The first kappa shape index (κ1) is 71.4. The molecular formula is C82H104N2O4S6. The van der Waals surface area contributed by atoms with E-state index >= 15 is 9.59 Å². The van der Waals surface area contributed by atoms with Crippen molar-refractivity contribution in [3.8, 4) is 50.5 Å². The van der Waals surface area contributed by atoms with Crippen LogP contribution >= 0.6 is 68.0 Å². The van der Waals surface area contributed by atoms with Crippen molar-refractivity contribution in [3.05, 3.63) is 152 Å². The average molecular weight is 1370 g/mol. The van der Waals surface area contributed by atoms with Crippen LogP contribution in [0, 0.1) is 11.8 Å². The first-order valence-corrected chi connectivity index (χ1v) is 41.3. The van der Waals surface area contributed by atoms with Gasteiger partial charge in [-0.2, -0.15) is 0 Å². The molecule has 10 rings (SSSR count). The van der Waals surface area contributed by atoms with Gasteiger partial charge in [0, 0.05) is 69.9 Å². The number of amides is 2. The number of rotatable bonds is 44. The normalized spacial score (nSPS) is 14.0. The number of anilines is 2. The van der Waals surface area contributed by atoms with E-state index in [4.69, 9.17) is 9.47 Å². The minimum Gasteiger partial charge on any atom is -0.493 e. The smallest absolute Gasteiger partial charge is 0.266 e. The van der Waals surface area contributed by atoms with Crippen LogP contribution in [0.4, 0.5) is 11.4 Å². The zero-order chi connectivity index (χ0) is 65.4. The number of thiophene rings is 6. The van der Waals surface area contributed by atoms with Crippen LogP contribution in [0.5, 0.6) is 11.5 Å². The Bertz CT molecular complexity index is 3420. The molecule has 0 radical (unpaired) electrons. The lowest BCUT2D eigenvalue weighted by atomic mass is 10.0. The minimum atomic E-state index is -0.158. The zero-order valence-electron chi connectivity index (χ0n) is 57.3. The third-order valence-electron chi connectivity index (χ3n) is 19.0. The topological polar surface area (TPSA) is 59.1 Å². The van der Waals surface area contributed by atoms with Crippen LogP contribution in [0.15, 0.2) is 133 Å². The van der Waals surface area contributed by atoms with Crippen molar-refractivity contribution < 1.29 is 19.1 Å². The monoisotopic (exact) mass is 1370 g/mol. The van der Waals surface area contributed by atoms with Crippen molar-refractivity contribution in [1.82, 2.24) is 0 Å². The second-order valence-corrected chi connectivity index (χ2v) is 32.9. The Labute approximate surface area is 588 Å². The maximum Gasteiger partial charge on any atom is 0.266 e. The summed E-state index contributed by atoms with van der Waals surface area (Å²) in [7, 11) is 0. The summed E-state index contributed by atoms with van der Waals surface area (Å²) in [6, 6.07) is 42.7. The van der Waals surface area contributed by atoms with E-state index in [0.29, 0.717) is 59.0 Å². The maximum absolute atomic E-state index is 16.0. The van der Waals surface area contributed by atoms with Gasteiger partial charge in [-0.25, -0.2) is 0 Å². The number of carbonyl (C=O) groups excluding carboxylic acids is 2. The fraction of sp³-hybridized carbons (Fsp3) is 0.488. The molecule has 6 nitrogen and oxygen atoms in total. The van der Waals surface area contributed by atoms with Crippen LogP contribution in [-0.2, 0) is 22.4 Å². The number of ether oxygens (including phenoxy) is 2. The molecule has 0 spiro atoms. The maximum atomic E-state index is 16.0. The molecular weight excluding hydrogens is 1270 g/mol. The van der Waals surface area contributed by atoms with Gasteiger partial charge in [-0.05, 0) is 172 Å². The molecule has 2 unspecified atom stereocenters. The van der Waals surface area contributed by atoms with E-state index < -0.39 is 0 Å². The number of unbranched alkanes of at least 4 members (excludes halogenated alkanes) is 20. The summed E-state index contributed by atoms with van der Waals surface area (Å²) in [4.78, 5) is 49.9. The Morgan fingerprint density at radius 3 is 0.904 bits per heavy atom. The van der Waals surface area contributed by atoms with Crippen LogP contribution in [-0.4, -0.2) is 25.0 Å². The Morgan fingerprint density at radius 2 is 0.585 bits per heavy atom. The van der Waals surface area contributed by atoms with Crippen molar-refractivity contribution in [2.24, 2.45) is 11.8 Å². The van der Waals surface area contributed by atoms with Crippen LogP contribution in [0.2, 0.25) is 0 Å². The molecule has 2 aromatic carbocycles. The summed E-state index contributed by atoms with van der Waals surface area (Å²) in [6.07, 6.45) is 38.3. The second kappa shape index (κ2) is 37.4. The lowest BCUT2D eigenvalue weighted by Crippen LogP contribution is -2.27. The number of benzene rings is 2. The van der Waals surface area contributed by atoms with E-state index in [0.717, 1.165) is 79.3 Å². The van der Waals surface area contributed by atoms with Crippen LogP contribution in [0.3, 0.4) is 0 Å². The molecule has 0 fully saturated rings. The Hall–Kier alpha value is -5.34. The van der Waals surface area contributed by atoms with Crippen molar-refractivity contribution in [2.45, 2.75) is 234 Å². The van der Waals surface area contributed by atoms with Gasteiger partial charge in [0.1, 0.15) is 11.5 Å². The van der Waals surface area contributed by atoms with E-state index in [1.165, 1.54) is 183 Å². The van der Waals surface area contributed by atoms with E-state index in [1.54, 1.807) is 22.7 Å². The molecule has 2 aliphatic rings. The van der Waals surface area contributed by atoms with E-state index in [2.05, 4.69) is 114 Å². The molecule has 2 atom stereocenters. The fourth-order valence-corrected chi connectivity index (χ4v) is 19.7. The largest absolute Gasteiger partial charge is 0.493 e. The fourth-order valence-electron chi connectivity index (χ4n) is 13.1. The Morgan fingerprint density at radius 1 is 0.309 bits per heavy atom. The highest BCUT2D eigenvalue weighted by Gasteiger charge is 2.50. The van der Waals surface area contributed by atoms with Gasteiger partial charge in [0.2, 0.25) is 0 Å². The number of carbonyl (C=O) groups is 2. The predicted octanol–water partition coefficient (Wildman–Crippen LogP) is 27.1. The van der Waals surface area contributed by atoms with Gasteiger partial charge >= 0.3 is 0 Å². The van der Waals surface area contributed by atoms with Gasteiger partial charge in [-0.15, -0.1) is 68.0 Å². The molecule has 2 aliphatic heterocycles. The Balaban J connectivity index is 0.948. The second-order valence-electron chi connectivity index (χ2n) is 26.2. The molecule has 8 aromatic rings. The molecule has 0 saturated heterocycles. The minimum absolute atomic E-state index is 0.158. The quantitative estimate of drug-likeness (QED) is 0.0357. The lowest BCUT2D eigenvalue weighted by Gasteiger charge is -2.21. The highest BCUT2D eigenvalue weighted by atomic mass is 32.1. The molecule has 502 valence electrons. The Kier molecular flexibility index (Phi) is 28.4. The third kappa shape index (κ3) is 19.1. The zero-order valence-corrected chi connectivity index (χ0v) is 62.2. The predicted molar refractivity (Wildman–Crippen MR) is 412 cm³/mol. The molecule has 94 heavy (non-hydrogen) atoms. The number of nitrogens with zero attached hydrogens (tertiary/aromatic N) is 2. The van der Waals surface area contributed by atoms with Crippen LogP contribution in [0.25, 0.3) is 50.2 Å². The van der Waals surface area contributed by atoms with E-state index in [-0.39, 0.29) is 11.8 Å². The summed E-state index contributed by atoms with van der Waals surface area (Å²) in [5.41, 5.74) is 3.64. The molecule has 0 bridgehead atoms. The van der Waals surface area contributed by atoms with Crippen molar-refractivity contribution in [1.29, 1.82) is 0 Å². The molecule has 0 N–H and O–H groups in total. The van der Waals surface area contributed by atoms with Crippen LogP contribution < -0.4 is 19.3 Å². The van der Waals surface area contributed by atoms with Gasteiger partial charge < -0.3 is 9.47 Å². The highest BCUT2D eigenvalue weighted by molar-refractivity contribution is 7.27. The van der Waals surface area contributed by atoms with Gasteiger partial charge in [0.25, 0.3) is 11.8 Å². The molecule has 2 amide bonds. The summed E-state index contributed by atoms with van der Waals surface area (Å²) in [6.45, 7) is 14.8. The average Bonchev–Trinajstić information content (AvgIpc) is 1.54. The molecule has 12 heteroatoms. The molecule has 0 aliphatic carbocycles. The summed E-state index contributed by atoms with van der Waals surface area (Å²) >= 11 is 10.7. The molecule has 6 aromatic heterocycles. The number of fused-ring (bicyclic) bond motifs is 1. The first-order chi connectivity index (χ1) is 46.2. The van der Waals surface area contributed by atoms with E-state index in [1.807, 2.05) is 104 Å². The summed E-state index contributed by atoms with van der Waals surface area (Å²) in [5, 5.41) is 0. The number of hydrogen-bond acceptors (Lipinski definition) is 10. The van der Waals surface area contributed by atoms with Crippen LogP contribution in [0.1, 0.15) is 241 Å². The standard InChI is InChI=1S/C82H104N2O4S6/c1-7-13-17-19-21-23-25-27-29-31-35-65-45-47-67(89-65)69-49-51-71(91-69)73-53-55-75(93-73)77-79-80(84(81(77)85)62-39-43-64(44-40-62)88-58-60(12-6)34-16-10-4)78(82(86)83(79)61-37-41-63(42-38-61)87-57-59(11-5)33-15-9-3)76-56-54-74(94-76)72-52-50-70(92-72)68-48-46-66(90-68)36-32-30-28-26-24-22-20-18-14-8-2/h37-56,59-60H,7-36,57-58H2,1-6H3. The number of aryl methyl sites for hydroxylation is 2. The van der Waals surface area contributed by atoms with Gasteiger partial charge in [-0.1, -0.05) is 196 Å². The van der Waals surface area contributed by atoms with Gasteiger partial charge in [0.15, 0.2) is 0 Å². The molecule has 8 heterocycles. The van der Waals surface area contributed by atoms with Crippen molar-refractivity contribution in [3.63, 3.8) is 0 Å². The highest BCUT2D eigenvalue weighted by Crippen LogP contribution is 2.54. The summed E-state index contributed by atoms with van der Waals surface area (Å²) in [5.74, 6) is 2.18. The number of hydrogen-bond donors (Lipinski definition) is 0.